The number of alkyl halides is 3. The second-order valence-electron chi connectivity index (χ2n) is 7.42. The van der Waals surface area contributed by atoms with E-state index in [1.807, 2.05) is 6.07 Å². The van der Waals surface area contributed by atoms with Crippen molar-refractivity contribution in [1.82, 2.24) is 9.78 Å². The van der Waals surface area contributed by atoms with Crippen molar-refractivity contribution in [3.05, 3.63) is 58.7 Å². The molecule has 2 unspecified atom stereocenters. The van der Waals surface area contributed by atoms with Gasteiger partial charge in [0.2, 0.25) is 0 Å². The molecule has 170 valence electrons. The summed E-state index contributed by atoms with van der Waals surface area (Å²) < 4.78 is 60.3. The number of benzene rings is 1. The van der Waals surface area contributed by atoms with Crippen LogP contribution in [0.5, 0.6) is 0 Å². The summed E-state index contributed by atoms with van der Waals surface area (Å²) in [6, 6.07) is 7.26. The molecule has 2 atom stereocenters. The standard InChI is InChI=1S/C22H18F4N6O/c23-18-7-13(4-5-17(18)22(24,25)26)20(14(8-27)9-28)16(10-29)21(30)15-11-31-32(12-15)19-3-1-2-6-33-19/h4-5,7,11-12,14,19-20H,1-3,6,30H2/b21-16-. The molecule has 0 bridgehead atoms. The minimum atomic E-state index is -4.93. The van der Waals surface area contributed by atoms with Gasteiger partial charge in [-0.05, 0) is 37.0 Å². The van der Waals surface area contributed by atoms with E-state index in [4.69, 9.17) is 10.5 Å². The van der Waals surface area contributed by atoms with Crippen molar-refractivity contribution in [2.45, 2.75) is 37.6 Å². The van der Waals surface area contributed by atoms with Crippen LogP contribution >= 0.6 is 0 Å². The Morgan fingerprint density at radius 3 is 2.48 bits per heavy atom. The number of hydrogen-bond donors (Lipinski definition) is 1. The molecule has 1 aliphatic heterocycles. The van der Waals surface area contributed by atoms with Crippen LogP contribution in [-0.2, 0) is 10.9 Å². The van der Waals surface area contributed by atoms with E-state index < -0.39 is 29.4 Å². The molecule has 7 nitrogen and oxygen atoms in total. The van der Waals surface area contributed by atoms with Gasteiger partial charge in [-0.15, -0.1) is 0 Å². The van der Waals surface area contributed by atoms with Gasteiger partial charge in [0, 0.05) is 18.4 Å². The zero-order chi connectivity index (χ0) is 24.2. The van der Waals surface area contributed by atoms with Crippen LogP contribution in [-0.4, -0.2) is 16.4 Å². The van der Waals surface area contributed by atoms with Gasteiger partial charge in [-0.25, -0.2) is 9.07 Å². The van der Waals surface area contributed by atoms with Crippen LogP contribution in [0.1, 0.15) is 48.1 Å². The molecule has 1 aromatic carbocycles. The van der Waals surface area contributed by atoms with Crippen LogP contribution < -0.4 is 5.73 Å². The first-order valence-electron chi connectivity index (χ1n) is 9.93. The van der Waals surface area contributed by atoms with Gasteiger partial charge in [0.15, 0.2) is 0 Å². The topological polar surface area (TPSA) is 124 Å². The summed E-state index contributed by atoms with van der Waals surface area (Å²) >= 11 is 0. The maximum Gasteiger partial charge on any atom is 0.419 e. The molecule has 1 aromatic heterocycles. The highest BCUT2D eigenvalue weighted by molar-refractivity contribution is 5.71. The van der Waals surface area contributed by atoms with Gasteiger partial charge >= 0.3 is 6.18 Å². The third kappa shape index (κ3) is 4.97. The lowest BCUT2D eigenvalue weighted by atomic mass is 9.80. The summed E-state index contributed by atoms with van der Waals surface area (Å²) in [6.07, 6.45) is 0.294. The number of rotatable bonds is 5. The lowest BCUT2D eigenvalue weighted by Crippen LogP contribution is -2.18. The molecular weight excluding hydrogens is 440 g/mol. The number of nitrogens with zero attached hydrogens (tertiary/aromatic N) is 5. The number of allylic oxidation sites excluding steroid dienone is 1. The van der Waals surface area contributed by atoms with Crippen LogP contribution in [0.15, 0.2) is 36.2 Å². The number of halogens is 4. The minimum absolute atomic E-state index is 0.125. The monoisotopic (exact) mass is 458 g/mol. The molecule has 1 aliphatic rings. The van der Waals surface area contributed by atoms with Crippen molar-refractivity contribution in [2.75, 3.05) is 6.61 Å². The fourth-order valence-corrected chi connectivity index (χ4v) is 3.68. The minimum Gasteiger partial charge on any atom is -0.397 e. The Kier molecular flexibility index (Phi) is 7.01. The molecular formula is C22H18F4N6O. The normalized spacial score (nSPS) is 18.1. The first kappa shape index (κ1) is 23.8. The van der Waals surface area contributed by atoms with E-state index in [1.165, 1.54) is 10.9 Å². The molecule has 0 radical (unpaired) electrons. The van der Waals surface area contributed by atoms with Gasteiger partial charge in [-0.2, -0.15) is 34.1 Å². The molecule has 0 amide bonds. The largest absolute Gasteiger partial charge is 0.419 e. The highest BCUT2D eigenvalue weighted by Crippen LogP contribution is 2.38. The van der Waals surface area contributed by atoms with Crippen LogP contribution in [0.4, 0.5) is 17.6 Å². The van der Waals surface area contributed by atoms with Crippen molar-refractivity contribution in [3.8, 4) is 18.2 Å². The van der Waals surface area contributed by atoms with E-state index in [0.717, 1.165) is 25.3 Å². The Labute approximate surface area is 186 Å². The molecule has 2 N–H and O–H groups in total. The van der Waals surface area contributed by atoms with Crippen molar-refractivity contribution in [1.29, 1.82) is 15.8 Å². The summed E-state index contributed by atoms with van der Waals surface area (Å²) in [7, 11) is 0. The summed E-state index contributed by atoms with van der Waals surface area (Å²) in [5.74, 6) is -4.47. The Hall–Kier alpha value is -3.88. The van der Waals surface area contributed by atoms with Crippen LogP contribution in [0, 0.1) is 45.7 Å². The Balaban J connectivity index is 2.08. The first-order valence-corrected chi connectivity index (χ1v) is 9.93. The maximum absolute atomic E-state index is 14.2. The zero-order valence-electron chi connectivity index (χ0n) is 17.2. The number of ether oxygens (including phenoxy) is 1. The van der Waals surface area contributed by atoms with Crippen molar-refractivity contribution in [2.24, 2.45) is 11.7 Å². The number of aromatic nitrogens is 2. The van der Waals surface area contributed by atoms with E-state index in [9.17, 15) is 33.3 Å². The third-order valence-corrected chi connectivity index (χ3v) is 5.35. The van der Waals surface area contributed by atoms with E-state index >= 15 is 0 Å². The average Bonchev–Trinajstić information content (AvgIpc) is 3.29. The molecule has 11 heteroatoms. The van der Waals surface area contributed by atoms with Gasteiger partial charge in [0.25, 0.3) is 0 Å². The van der Waals surface area contributed by atoms with Crippen molar-refractivity contribution < 1.29 is 22.3 Å². The fourth-order valence-electron chi connectivity index (χ4n) is 3.68. The fraction of sp³-hybridized carbons (Fsp3) is 0.364. The summed E-state index contributed by atoms with van der Waals surface area (Å²) in [5, 5.41) is 32.9. The van der Waals surface area contributed by atoms with E-state index in [-0.39, 0.29) is 23.1 Å². The smallest absolute Gasteiger partial charge is 0.397 e. The molecule has 0 aliphatic carbocycles. The van der Waals surface area contributed by atoms with E-state index in [0.29, 0.717) is 24.3 Å². The van der Waals surface area contributed by atoms with Crippen LogP contribution in [0.3, 0.4) is 0 Å². The maximum atomic E-state index is 14.2. The summed E-state index contributed by atoms with van der Waals surface area (Å²) in [4.78, 5) is 0. The number of nitrogens with two attached hydrogens (primary N) is 1. The quantitative estimate of drug-likeness (QED) is 0.524. The molecule has 0 saturated carbocycles. The molecule has 33 heavy (non-hydrogen) atoms. The molecule has 2 heterocycles. The zero-order valence-corrected chi connectivity index (χ0v) is 17.2. The Morgan fingerprint density at radius 2 is 1.94 bits per heavy atom. The summed E-state index contributed by atoms with van der Waals surface area (Å²) in [6.45, 7) is 0.572. The SMILES string of the molecule is N#C/C(=C(/N)c1cnn(C2CCCCO2)c1)C(c1ccc(C(F)(F)F)c(F)c1)C(C#N)C#N. The van der Waals surface area contributed by atoms with Crippen LogP contribution in [0.25, 0.3) is 5.70 Å². The molecule has 0 spiro atoms. The molecule has 3 rings (SSSR count). The van der Waals surface area contributed by atoms with Gasteiger partial charge in [-0.1, -0.05) is 6.07 Å². The molecule has 1 saturated heterocycles. The van der Waals surface area contributed by atoms with Gasteiger partial charge < -0.3 is 10.5 Å². The van der Waals surface area contributed by atoms with Gasteiger partial charge in [-0.3, -0.25) is 0 Å². The highest BCUT2D eigenvalue weighted by Gasteiger charge is 2.36. The third-order valence-electron chi connectivity index (χ3n) is 5.35. The second kappa shape index (κ2) is 9.72. The summed E-state index contributed by atoms with van der Waals surface area (Å²) in [5.41, 5.74) is 4.45. The van der Waals surface area contributed by atoms with Crippen LogP contribution in [0.2, 0.25) is 0 Å². The predicted octanol–water partition coefficient (Wildman–Crippen LogP) is 4.38. The van der Waals surface area contributed by atoms with Crippen molar-refractivity contribution >= 4 is 5.70 Å². The Bertz CT molecular complexity index is 1160. The molecule has 2 aromatic rings. The lowest BCUT2D eigenvalue weighted by molar-refractivity contribution is -0.140. The lowest BCUT2D eigenvalue weighted by Gasteiger charge is -2.22. The van der Waals surface area contributed by atoms with Crippen molar-refractivity contribution in [3.63, 3.8) is 0 Å². The molecule has 1 fully saturated rings. The number of hydrogen-bond acceptors (Lipinski definition) is 6. The van der Waals surface area contributed by atoms with Gasteiger partial charge in [0.1, 0.15) is 18.0 Å². The van der Waals surface area contributed by atoms with E-state index in [2.05, 4.69) is 5.10 Å². The predicted molar refractivity (Wildman–Crippen MR) is 107 cm³/mol. The van der Waals surface area contributed by atoms with Gasteiger partial charge in [0.05, 0.1) is 47.2 Å². The first-order chi connectivity index (χ1) is 15.7. The van der Waals surface area contributed by atoms with E-state index in [1.54, 1.807) is 18.3 Å². The second-order valence-corrected chi connectivity index (χ2v) is 7.42. The highest BCUT2D eigenvalue weighted by atomic mass is 19.4. The average molecular weight is 458 g/mol. The Morgan fingerprint density at radius 1 is 1.21 bits per heavy atom. The number of nitriles is 3.